The molecule has 2 nitrogen and oxygen atoms in total. The van der Waals surface area contributed by atoms with Crippen molar-refractivity contribution in [1.29, 1.82) is 0 Å². The summed E-state index contributed by atoms with van der Waals surface area (Å²) in [4.78, 5) is 0. The van der Waals surface area contributed by atoms with Crippen LogP contribution < -0.4 is 4.74 Å². The Morgan fingerprint density at radius 1 is 1.06 bits per heavy atom. The maximum Gasteiger partial charge on any atom is 0.141 e. The molecule has 2 aromatic rings. The van der Waals surface area contributed by atoms with Crippen molar-refractivity contribution in [2.75, 3.05) is 0 Å². The standard InChI is InChI=1S/C13H9Br2FO2/c14-10-3-2-9(6-12(10)16)18-13-4-1-8(7-17)5-11(13)15/h1-6,17H,7H2. The van der Waals surface area contributed by atoms with Crippen LogP contribution in [0.1, 0.15) is 5.56 Å². The van der Waals surface area contributed by atoms with Gasteiger partial charge in [0.15, 0.2) is 0 Å². The average molecular weight is 376 g/mol. The van der Waals surface area contributed by atoms with Crippen molar-refractivity contribution in [1.82, 2.24) is 0 Å². The van der Waals surface area contributed by atoms with E-state index in [1.807, 2.05) is 0 Å². The summed E-state index contributed by atoms with van der Waals surface area (Å²) in [7, 11) is 0. The fourth-order valence-corrected chi connectivity index (χ4v) is 2.15. The maximum atomic E-state index is 13.3. The molecule has 0 spiro atoms. The predicted molar refractivity (Wildman–Crippen MR) is 74.2 cm³/mol. The topological polar surface area (TPSA) is 29.5 Å². The van der Waals surface area contributed by atoms with Crippen LogP contribution in [0.3, 0.4) is 0 Å². The van der Waals surface area contributed by atoms with Crippen LogP contribution in [0, 0.1) is 5.82 Å². The van der Waals surface area contributed by atoms with E-state index in [-0.39, 0.29) is 12.4 Å². The SMILES string of the molecule is OCc1ccc(Oc2ccc(Br)c(F)c2)c(Br)c1. The number of halogens is 3. The number of rotatable bonds is 3. The van der Waals surface area contributed by atoms with Gasteiger partial charge in [-0.05, 0) is 61.7 Å². The second-order valence-electron chi connectivity index (χ2n) is 3.60. The summed E-state index contributed by atoms with van der Waals surface area (Å²) in [5.41, 5.74) is 0.774. The molecule has 0 fully saturated rings. The summed E-state index contributed by atoms with van der Waals surface area (Å²) in [6.07, 6.45) is 0. The molecule has 2 rings (SSSR count). The first-order valence-corrected chi connectivity index (χ1v) is 6.71. The van der Waals surface area contributed by atoms with Crippen LogP contribution in [0.15, 0.2) is 45.3 Å². The molecule has 0 saturated heterocycles. The van der Waals surface area contributed by atoms with Gasteiger partial charge < -0.3 is 9.84 Å². The first-order chi connectivity index (χ1) is 8.60. The molecule has 18 heavy (non-hydrogen) atoms. The molecule has 0 heterocycles. The van der Waals surface area contributed by atoms with Gasteiger partial charge >= 0.3 is 0 Å². The lowest BCUT2D eigenvalue weighted by molar-refractivity contribution is 0.281. The smallest absolute Gasteiger partial charge is 0.141 e. The van der Waals surface area contributed by atoms with Gasteiger partial charge in [-0.3, -0.25) is 0 Å². The number of aliphatic hydroxyl groups excluding tert-OH is 1. The third-order valence-electron chi connectivity index (χ3n) is 2.30. The third-order valence-corrected chi connectivity index (χ3v) is 3.56. The minimum atomic E-state index is -0.379. The van der Waals surface area contributed by atoms with Crippen LogP contribution in [0.25, 0.3) is 0 Å². The fraction of sp³-hybridized carbons (Fsp3) is 0.0769. The molecule has 0 aliphatic heterocycles. The van der Waals surface area contributed by atoms with Crippen molar-refractivity contribution in [2.45, 2.75) is 6.61 Å². The van der Waals surface area contributed by atoms with Crippen molar-refractivity contribution in [3.8, 4) is 11.5 Å². The van der Waals surface area contributed by atoms with Gasteiger partial charge in [0.05, 0.1) is 15.6 Å². The largest absolute Gasteiger partial charge is 0.456 e. The molecule has 1 N–H and O–H groups in total. The Balaban J connectivity index is 2.25. The van der Waals surface area contributed by atoms with Gasteiger partial charge in [0.2, 0.25) is 0 Å². The highest BCUT2D eigenvalue weighted by Gasteiger charge is 2.06. The van der Waals surface area contributed by atoms with Crippen molar-refractivity contribution >= 4 is 31.9 Å². The fourth-order valence-electron chi connectivity index (χ4n) is 1.39. The van der Waals surface area contributed by atoms with Crippen LogP contribution >= 0.6 is 31.9 Å². The van der Waals surface area contributed by atoms with Gasteiger partial charge in [-0.1, -0.05) is 6.07 Å². The second-order valence-corrected chi connectivity index (χ2v) is 5.31. The number of ether oxygens (including phenoxy) is 1. The first-order valence-electron chi connectivity index (χ1n) is 5.12. The molecule has 0 atom stereocenters. The van der Waals surface area contributed by atoms with E-state index in [9.17, 15) is 4.39 Å². The monoisotopic (exact) mass is 374 g/mol. The summed E-state index contributed by atoms with van der Waals surface area (Å²) >= 11 is 6.42. The molecule has 0 aromatic heterocycles. The summed E-state index contributed by atoms with van der Waals surface area (Å²) in [6, 6.07) is 9.77. The molecule has 2 aromatic carbocycles. The lowest BCUT2D eigenvalue weighted by atomic mass is 10.2. The quantitative estimate of drug-likeness (QED) is 0.847. The first kappa shape index (κ1) is 13.5. The molecule has 94 valence electrons. The lowest BCUT2D eigenvalue weighted by Crippen LogP contribution is -1.89. The molecular weight excluding hydrogens is 367 g/mol. The van der Waals surface area contributed by atoms with E-state index in [1.54, 1.807) is 30.3 Å². The molecule has 0 saturated carbocycles. The zero-order valence-electron chi connectivity index (χ0n) is 9.16. The highest BCUT2D eigenvalue weighted by molar-refractivity contribution is 9.10. The summed E-state index contributed by atoms with van der Waals surface area (Å²) in [5, 5.41) is 8.99. The number of aliphatic hydroxyl groups is 1. The molecule has 0 bridgehead atoms. The Hall–Kier alpha value is -0.910. The second kappa shape index (κ2) is 5.82. The van der Waals surface area contributed by atoms with Crippen molar-refractivity contribution < 1.29 is 14.2 Å². The van der Waals surface area contributed by atoms with Crippen molar-refractivity contribution in [2.24, 2.45) is 0 Å². The minimum Gasteiger partial charge on any atom is -0.456 e. The van der Waals surface area contributed by atoms with Crippen LogP contribution in [0.2, 0.25) is 0 Å². The highest BCUT2D eigenvalue weighted by Crippen LogP contribution is 2.31. The Kier molecular flexibility index (Phi) is 4.37. The van der Waals surface area contributed by atoms with Gasteiger partial charge in [-0.2, -0.15) is 0 Å². The van der Waals surface area contributed by atoms with E-state index < -0.39 is 0 Å². The normalized spacial score (nSPS) is 10.4. The number of hydrogen-bond acceptors (Lipinski definition) is 2. The van der Waals surface area contributed by atoms with E-state index in [4.69, 9.17) is 9.84 Å². The molecule has 0 radical (unpaired) electrons. The minimum absolute atomic E-state index is 0.0359. The van der Waals surface area contributed by atoms with Crippen LogP contribution in [-0.4, -0.2) is 5.11 Å². The van der Waals surface area contributed by atoms with E-state index >= 15 is 0 Å². The number of benzene rings is 2. The summed E-state index contributed by atoms with van der Waals surface area (Å²) in [5.74, 6) is 0.595. The zero-order chi connectivity index (χ0) is 13.1. The summed E-state index contributed by atoms with van der Waals surface area (Å²) < 4.78 is 20.0. The van der Waals surface area contributed by atoms with Gasteiger partial charge in [0.1, 0.15) is 17.3 Å². The van der Waals surface area contributed by atoms with Gasteiger partial charge in [0, 0.05) is 6.07 Å². The van der Waals surface area contributed by atoms with Gasteiger partial charge in [0.25, 0.3) is 0 Å². The van der Waals surface area contributed by atoms with Crippen LogP contribution in [0.4, 0.5) is 4.39 Å². The lowest BCUT2D eigenvalue weighted by Gasteiger charge is -2.09. The maximum absolute atomic E-state index is 13.3. The zero-order valence-corrected chi connectivity index (χ0v) is 12.3. The number of hydrogen-bond donors (Lipinski definition) is 1. The Morgan fingerprint density at radius 3 is 2.44 bits per heavy atom. The van der Waals surface area contributed by atoms with Gasteiger partial charge in [-0.15, -0.1) is 0 Å². The van der Waals surface area contributed by atoms with Crippen molar-refractivity contribution in [3.05, 3.63) is 56.7 Å². The molecular formula is C13H9Br2FO2. The third kappa shape index (κ3) is 3.10. The molecule has 5 heteroatoms. The van der Waals surface area contributed by atoms with E-state index in [0.29, 0.717) is 20.4 Å². The molecule has 0 amide bonds. The van der Waals surface area contributed by atoms with Crippen molar-refractivity contribution in [3.63, 3.8) is 0 Å². The van der Waals surface area contributed by atoms with Gasteiger partial charge in [-0.25, -0.2) is 4.39 Å². The average Bonchev–Trinajstić information content (AvgIpc) is 2.36. The van der Waals surface area contributed by atoms with E-state index in [2.05, 4.69) is 31.9 Å². The Morgan fingerprint density at radius 2 is 1.83 bits per heavy atom. The van der Waals surface area contributed by atoms with Crippen LogP contribution in [0.5, 0.6) is 11.5 Å². The van der Waals surface area contributed by atoms with E-state index in [1.165, 1.54) is 6.07 Å². The predicted octanol–water partition coefficient (Wildman–Crippen LogP) is 4.64. The molecule has 0 aliphatic carbocycles. The highest BCUT2D eigenvalue weighted by atomic mass is 79.9. The van der Waals surface area contributed by atoms with Crippen LogP contribution in [-0.2, 0) is 6.61 Å². The van der Waals surface area contributed by atoms with E-state index in [0.717, 1.165) is 5.56 Å². The Labute approximate surface area is 121 Å². The molecule has 0 unspecified atom stereocenters. The Bertz CT molecular complexity index is 573. The molecule has 0 aliphatic rings. The summed E-state index contributed by atoms with van der Waals surface area (Å²) in [6.45, 7) is -0.0359.